The predicted molar refractivity (Wildman–Crippen MR) is 115 cm³/mol. The molecule has 1 N–H and O–H groups in total. The maximum Gasteiger partial charge on any atom is 0.256 e. The van der Waals surface area contributed by atoms with Gasteiger partial charge in [0, 0.05) is 18.2 Å². The zero-order valence-electron chi connectivity index (χ0n) is 17.7. The van der Waals surface area contributed by atoms with E-state index in [-0.39, 0.29) is 5.91 Å². The number of carbonyl (C=O) groups excluding carboxylic acids is 1. The highest BCUT2D eigenvalue weighted by Crippen LogP contribution is 2.31. The molecule has 1 aromatic carbocycles. The summed E-state index contributed by atoms with van der Waals surface area (Å²) >= 11 is 0. The molecule has 0 spiro atoms. The van der Waals surface area contributed by atoms with Crippen LogP contribution in [-0.2, 0) is 9.53 Å². The van der Waals surface area contributed by atoms with Crippen LogP contribution < -0.4 is 10.1 Å². The molecule has 1 aromatic heterocycles. The molecule has 0 saturated carbocycles. The van der Waals surface area contributed by atoms with Crippen molar-refractivity contribution in [1.82, 2.24) is 4.98 Å². The summed E-state index contributed by atoms with van der Waals surface area (Å²) in [7, 11) is 0. The molecule has 0 aliphatic rings. The lowest BCUT2D eigenvalue weighted by molar-refractivity contribution is -0.139. The van der Waals surface area contributed by atoms with Gasteiger partial charge >= 0.3 is 0 Å². The fourth-order valence-electron chi connectivity index (χ4n) is 3.24. The molecule has 5 heteroatoms. The van der Waals surface area contributed by atoms with Crippen LogP contribution in [0.1, 0.15) is 66.2 Å². The predicted octanol–water partition coefficient (Wildman–Crippen LogP) is 5.73. The van der Waals surface area contributed by atoms with Gasteiger partial charge in [-0.3, -0.25) is 9.78 Å². The van der Waals surface area contributed by atoms with Crippen LogP contribution in [0.2, 0.25) is 0 Å². The first-order valence-corrected chi connectivity index (χ1v) is 10.5. The Morgan fingerprint density at radius 3 is 2.61 bits per heavy atom. The van der Waals surface area contributed by atoms with Gasteiger partial charge in [0.15, 0.2) is 0 Å². The van der Waals surface area contributed by atoms with E-state index in [0.717, 1.165) is 54.4 Å². The Morgan fingerprint density at radius 2 is 1.89 bits per heavy atom. The van der Waals surface area contributed by atoms with Crippen molar-refractivity contribution in [3.05, 3.63) is 30.5 Å². The van der Waals surface area contributed by atoms with E-state index in [0.29, 0.717) is 19.6 Å². The molecule has 154 valence electrons. The van der Waals surface area contributed by atoms with Crippen molar-refractivity contribution in [2.75, 3.05) is 18.5 Å². The van der Waals surface area contributed by atoms with Gasteiger partial charge in [-0.2, -0.15) is 0 Å². The molecule has 0 radical (unpaired) electrons. The monoisotopic (exact) mass is 386 g/mol. The molecule has 0 aliphatic carbocycles. The molecular weight excluding hydrogens is 352 g/mol. The SMILES string of the molecule is CCCCC[C@](C)(OCC)C(=O)Nc1ccc(OCCCC)c2ncccc12. The number of hydrogen-bond acceptors (Lipinski definition) is 4. The number of pyridine rings is 1. The summed E-state index contributed by atoms with van der Waals surface area (Å²) in [6.45, 7) is 9.25. The van der Waals surface area contributed by atoms with Crippen molar-refractivity contribution in [3.63, 3.8) is 0 Å². The highest BCUT2D eigenvalue weighted by Gasteiger charge is 2.33. The standard InChI is InChI=1S/C23H34N2O3/c1-5-8-10-15-23(4,28-7-3)22(26)25-19-13-14-20(27-17-9-6-2)21-18(19)12-11-16-24-21/h11-14,16H,5-10,15,17H2,1-4H3,(H,25,26)/t23-/m0/s1. The number of rotatable bonds is 12. The number of benzene rings is 1. The molecule has 0 saturated heterocycles. The number of anilines is 1. The Morgan fingerprint density at radius 1 is 1.11 bits per heavy atom. The van der Waals surface area contributed by atoms with Crippen LogP contribution in [0.25, 0.3) is 10.9 Å². The van der Waals surface area contributed by atoms with Crippen LogP contribution in [0, 0.1) is 0 Å². The van der Waals surface area contributed by atoms with Crippen LogP contribution in [0.15, 0.2) is 30.5 Å². The third kappa shape index (κ3) is 5.68. The molecule has 1 amide bonds. The number of fused-ring (bicyclic) bond motifs is 1. The molecule has 0 fully saturated rings. The highest BCUT2D eigenvalue weighted by molar-refractivity contribution is 6.05. The van der Waals surface area contributed by atoms with Crippen LogP contribution >= 0.6 is 0 Å². The van der Waals surface area contributed by atoms with Crippen molar-refractivity contribution in [3.8, 4) is 5.75 Å². The fraction of sp³-hybridized carbons (Fsp3) is 0.565. The summed E-state index contributed by atoms with van der Waals surface area (Å²) in [5, 5.41) is 3.94. The molecule has 2 aromatic rings. The average Bonchev–Trinajstić information content (AvgIpc) is 2.70. The number of ether oxygens (including phenoxy) is 2. The number of unbranched alkanes of at least 4 members (excludes halogenated alkanes) is 3. The van der Waals surface area contributed by atoms with E-state index in [9.17, 15) is 4.79 Å². The first kappa shape index (κ1) is 22.2. The van der Waals surface area contributed by atoms with E-state index in [2.05, 4.69) is 24.1 Å². The van der Waals surface area contributed by atoms with Crippen LogP contribution in [0.3, 0.4) is 0 Å². The molecule has 0 unspecified atom stereocenters. The zero-order chi connectivity index (χ0) is 20.4. The van der Waals surface area contributed by atoms with Gasteiger partial charge in [0.05, 0.1) is 12.3 Å². The minimum Gasteiger partial charge on any atom is -0.491 e. The van der Waals surface area contributed by atoms with Crippen molar-refractivity contribution in [2.24, 2.45) is 0 Å². The van der Waals surface area contributed by atoms with E-state index in [4.69, 9.17) is 9.47 Å². The maximum absolute atomic E-state index is 13.1. The van der Waals surface area contributed by atoms with E-state index in [1.165, 1.54) is 0 Å². The van der Waals surface area contributed by atoms with Gasteiger partial charge < -0.3 is 14.8 Å². The smallest absolute Gasteiger partial charge is 0.256 e. The molecule has 0 aliphatic heterocycles. The Balaban J connectivity index is 2.24. The van der Waals surface area contributed by atoms with Crippen molar-refractivity contribution >= 4 is 22.5 Å². The summed E-state index contributed by atoms with van der Waals surface area (Å²) in [5.41, 5.74) is 0.659. The van der Waals surface area contributed by atoms with E-state index in [1.807, 2.05) is 38.1 Å². The second-order valence-electron chi connectivity index (χ2n) is 7.29. The minimum atomic E-state index is -0.839. The first-order valence-electron chi connectivity index (χ1n) is 10.5. The quantitative estimate of drug-likeness (QED) is 0.473. The molecule has 0 bridgehead atoms. The Labute approximate surface area is 168 Å². The third-order valence-electron chi connectivity index (χ3n) is 4.94. The fourth-order valence-corrected chi connectivity index (χ4v) is 3.24. The van der Waals surface area contributed by atoms with Crippen molar-refractivity contribution in [1.29, 1.82) is 0 Å². The second kappa shape index (κ2) is 11.0. The summed E-state index contributed by atoms with van der Waals surface area (Å²) in [4.78, 5) is 17.5. The molecule has 5 nitrogen and oxygen atoms in total. The number of hydrogen-bond donors (Lipinski definition) is 1. The van der Waals surface area contributed by atoms with Crippen LogP contribution in [0.4, 0.5) is 5.69 Å². The highest BCUT2D eigenvalue weighted by atomic mass is 16.5. The largest absolute Gasteiger partial charge is 0.491 e. The van der Waals surface area contributed by atoms with Crippen molar-refractivity contribution < 1.29 is 14.3 Å². The summed E-state index contributed by atoms with van der Waals surface area (Å²) in [6, 6.07) is 7.60. The lowest BCUT2D eigenvalue weighted by atomic mass is 9.96. The first-order chi connectivity index (χ1) is 13.6. The van der Waals surface area contributed by atoms with Gasteiger partial charge in [-0.05, 0) is 51.0 Å². The third-order valence-corrected chi connectivity index (χ3v) is 4.94. The summed E-state index contributed by atoms with van der Waals surface area (Å²) in [5.74, 6) is 0.632. The van der Waals surface area contributed by atoms with E-state index in [1.54, 1.807) is 6.20 Å². The Kier molecular flexibility index (Phi) is 8.71. The minimum absolute atomic E-state index is 0.116. The maximum atomic E-state index is 13.1. The van der Waals surface area contributed by atoms with E-state index >= 15 is 0 Å². The molecule has 28 heavy (non-hydrogen) atoms. The zero-order valence-corrected chi connectivity index (χ0v) is 17.7. The number of nitrogens with zero attached hydrogens (tertiary/aromatic N) is 1. The lowest BCUT2D eigenvalue weighted by Gasteiger charge is -2.28. The molecule has 1 heterocycles. The number of amides is 1. The van der Waals surface area contributed by atoms with Crippen LogP contribution in [-0.4, -0.2) is 29.7 Å². The van der Waals surface area contributed by atoms with Gasteiger partial charge in [0.1, 0.15) is 16.9 Å². The molecule has 1 atom stereocenters. The van der Waals surface area contributed by atoms with Gasteiger partial charge in [0.2, 0.25) is 0 Å². The van der Waals surface area contributed by atoms with E-state index < -0.39 is 5.60 Å². The van der Waals surface area contributed by atoms with Gasteiger partial charge in [0.25, 0.3) is 5.91 Å². The number of aromatic nitrogens is 1. The van der Waals surface area contributed by atoms with Crippen molar-refractivity contribution in [2.45, 2.75) is 71.8 Å². The normalized spacial score (nSPS) is 13.3. The Bertz CT molecular complexity index is 763. The summed E-state index contributed by atoms with van der Waals surface area (Å²) in [6.07, 6.45) is 7.69. The molecule has 2 rings (SSSR count). The second-order valence-corrected chi connectivity index (χ2v) is 7.29. The summed E-state index contributed by atoms with van der Waals surface area (Å²) < 4.78 is 11.8. The molecular formula is C23H34N2O3. The van der Waals surface area contributed by atoms with Gasteiger partial charge in [-0.25, -0.2) is 0 Å². The van der Waals surface area contributed by atoms with Gasteiger partial charge in [-0.1, -0.05) is 39.5 Å². The number of nitrogens with one attached hydrogen (secondary N) is 1. The average molecular weight is 387 g/mol. The van der Waals surface area contributed by atoms with Gasteiger partial charge in [-0.15, -0.1) is 0 Å². The Hall–Kier alpha value is -2.14. The van der Waals surface area contributed by atoms with Crippen LogP contribution in [0.5, 0.6) is 5.75 Å². The topological polar surface area (TPSA) is 60.5 Å². The lowest BCUT2D eigenvalue weighted by Crippen LogP contribution is -2.42. The number of carbonyl (C=O) groups is 1.